The predicted molar refractivity (Wildman–Crippen MR) is 65.9 cm³/mol. The zero-order valence-corrected chi connectivity index (χ0v) is 11.7. The molecule has 4 nitrogen and oxygen atoms in total. The van der Waals surface area contributed by atoms with Gasteiger partial charge >= 0.3 is 8.80 Å². The Morgan fingerprint density at radius 3 is 2.25 bits per heavy atom. The summed E-state index contributed by atoms with van der Waals surface area (Å²) in [6, 6.07) is 0. The quantitative estimate of drug-likeness (QED) is 0.668. The Labute approximate surface area is 99.5 Å². The SMILES string of the molecule is CCC(N1C=CCCC1)[Si](OC)(OC)OC. The fraction of sp³-hybridized carbons (Fsp3) is 0.818. The highest BCUT2D eigenvalue weighted by molar-refractivity contribution is 6.62. The Hall–Kier alpha value is -0.363. The van der Waals surface area contributed by atoms with Gasteiger partial charge in [-0.2, -0.15) is 0 Å². The van der Waals surface area contributed by atoms with E-state index in [0.717, 1.165) is 19.4 Å². The van der Waals surface area contributed by atoms with Crippen LogP contribution in [0, 0.1) is 0 Å². The normalized spacial score (nSPS) is 18.9. The number of rotatable bonds is 6. The molecule has 0 aromatic carbocycles. The number of hydrogen-bond donors (Lipinski definition) is 0. The van der Waals surface area contributed by atoms with Crippen LogP contribution in [0.15, 0.2) is 12.3 Å². The lowest BCUT2D eigenvalue weighted by molar-refractivity contribution is 0.0840. The molecule has 1 atom stereocenters. The van der Waals surface area contributed by atoms with Crippen molar-refractivity contribution in [2.45, 2.75) is 31.9 Å². The smallest absolute Gasteiger partial charge is 0.376 e. The van der Waals surface area contributed by atoms with Crippen LogP contribution >= 0.6 is 0 Å². The van der Waals surface area contributed by atoms with Crippen molar-refractivity contribution in [3.05, 3.63) is 12.3 Å². The molecular weight excluding hydrogens is 222 g/mol. The molecule has 1 unspecified atom stereocenters. The molecule has 5 heteroatoms. The van der Waals surface area contributed by atoms with Crippen LogP contribution in [0.3, 0.4) is 0 Å². The van der Waals surface area contributed by atoms with Crippen LogP contribution in [-0.4, -0.2) is 47.2 Å². The van der Waals surface area contributed by atoms with E-state index in [-0.39, 0.29) is 5.67 Å². The molecule has 0 N–H and O–H groups in total. The number of hydrogen-bond acceptors (Lipinski definition) is 4. The Morgan fingerprint density at radius 2 is 1.88 bits per heavy atom. The average Bonchev–Trinajstić information content (AvgIpc) is 2.37. The van der Waals surface area contributed by atoms with Gasteiger partial charge in [0.25, 0.3) is 0 Å². The molecule has 0 aromatic rings. The lowest BCUT2D eigenvalue weighted by Gasteiger charge is -2.39. The summed E-state index contributed by atoms with van der Waals surface area (Å²) >= 11 is 0. The minimum absolute atomic E-state index is 0.212. The summed E-state index contributed by atoms with van der Waals surface area (Å²) in [4.78, 5) is 2.30. The van der Waals surface area contributed by atoms with E-state index in [1.807, 2.05) is 0 Å². The maximum absolute atomic E-state index is 5.56. The molecular formula is C11H23NO3Si. The molecule has 1 aliphatic heterocycles. The average molecular weight is 245 g/mol. The molecule has 0 fully saturated rings. The minimum Gasteiger partial charge on any atom is -0.376 e. The lowest BCUT2D eigenvalue weighted by atomic mass is 10.2. The van der Waals surface area contributed by atoms with Gasteiger partial charge in [0.1, 0.15) is 0 Å². The topological polar surface area (TPSA) is 30.9 Å². The highest BCUT2D eigenvalue weighted by Crippen LogP contribution is 2.23. The van der Waals surface area contributed by atoms with E-state index < -0.39 is 8.80 Å². The molecule has 0 aromatic heterocycles. The van der Waals surface area contributed by atoms with Gasteiger partial charge in [-0.25, -0.2) is 0 Å². The molecule has 0 saturated carbocycles. The Balaban J connectivity index is 2.84. The van der Waals surface area contributed by atoms with E-state index in [0.29, 0.717) is 0 Å². The first-order valence-electron chi connectivity index (χ1n) is 5.82. The maximum Gasteiger partial charge on any atom is 0.523 e. The highest BCUT2D eigenvalue weighted by Gasteiger charge is 2.49. The lowest BCUT2D eigenvalue weighted by Crippen LogP contribution is -2.60. The zero-order valence-electron chi connectivity index (χ0n) is 10.7. The van der Waals surface area contributed by atoms with E-state index in [2.05, 4.69) is 24.1 Å². The molecule has 1 aliphatic rings. The second-order valence-electron chi connectivity index (χ2n) is 3.90. The summed E-state index contributed by atoms with van der Waals surface area (Å²) in [7, 11) is 2.47. The van der Waals surface area contributed by atoms with Crippen molar-refractivity contribution in [1.82, 2.24) is 4.90 Å². The van der Waals surface area contributed by atoms with Gasteiger partial charge < -0.3 is 18.2 Å². The van der Waals surface area contributed by atoms with Crippen molar-refractivity contribution >= 4 is 8.80 Å². The molecule has 1 heterocycles. The number of allylic oxidation sites excluding steroid dienone is 1. The van der Waals surface area contributed by atoms with Gasteiger partial charge in [-0.3, -0.25) is 0 Å². The van der Waals surface area contributed by atoms with Crippen molar-refractivity contribution in [3.63, 3.8) is 0 Å². The summed E-state index contributed by atoms with van der Waals surface area (Å²) < 4.78 is 16.7. The third kappa shape index (κ3) is 2.66. The monoisotopic (exact) mass is 245 g/mol. The van der Waals surface area contributed by atoms with Crippen molar-refractivity contribution < 1.29 is 13.3 Å². The summed E-state index contributed by atoms with van der Waals surface area (Å²) in [5, 5.41) is 0. The largest absolute Gasteiger partial charge is 0.523 e. The van der Waals surface area contributed by atoms with E-state index in [4.69, 9.17) is 13.3 Å². The van der Waals surface area contributed by atoms with Gasteiger partial charge in [-0.1, -0.05) is 13.0 Å². The van der Waals surface area contributed by atoms with Crippen LogP contribution in [-0.2, 0) is 13.3 Å². The van der Waals surface area contributed by atoms with Gasteiger partial charge in [-0.05, 0) is 25.5 Å². The van der Waals surface area contributed by atoms with Crippen molar-refractivity contribution in [1.29, 1.82) is 0 Å². The maximum atomic E-state index is 5.56. The third-order valence-electron chi connectivity index (χ3n) is 3.13. The van der Waals surface area contributed by atoms with Crippen LogP contribution in [0.4, 0.5) is 0 Å². The molecule has 0 bridgehead atoms. The van der Waals surface area contributed by atoms with E-state index in [1.54, 1.807) is 21.3 Å². The van der Waals surface area contributed by atoms with E-state index in [1.165, 1.54) is 6.42 Å². The van der Waals surface area contributed by atoms with Crippen molar-refractivity contribution in [2.24, 2.45) is 0 Å². The zero-order chi connectivity index (χ0) is 12.0. The van der Waals surface area contributed by atoms with Gasteiger partial charge in [0.15, 0.2) is 0 Å². The van der Waals surface area contributed by atoms with E-state index in [9.17, 15) is 0 Å². The van der Waals surface area contributed by atoms with Gasteiger partial charge in [0.2, 0.25) is 0 Å². The van der Waals surface area contributed by atoms with Crippen LogP contribution in [0.5, 0.6) is 0 Å². The van der Waals surface area contributed by atoms with E-state index >= 15 is 0 Å². The minimum atomic E-state index is -2.56. The predicted octanol–water partition coefficient (Wildman–Crippen LogP) is 1.79. The molecule has 0 aliphatic carbocycles. The third-order valence-corrected chi connectivity index (χ3v) is 6.40. The van der Waals surface area contributed by atoms with Crippen LogP contribution in [0.1, 0.15) is 26.2 Å². The number of nitrogens with zero attached hydrogens (tertiary/aromatic N) is 1. The van der Waals surface area contributed by atoms with Crippen molar-refractivity contribution in [3.8, 4) is 0 Å². The first-order valence-corrected chi connectivity index (χ1v) is 7.62. The Morgan fingerprint density at radius 1 is 1.25 bits per heavy atom. The Kier molecular flexibility index (Phi) is 5.47. The van der Waals surface area contributed by atoms with Crippen LogP contribution in [0.2, 0.25) is 0 Å². The summed E-state index contributed by atoms with van der Waals surface area (Å²) in [5.41, 5.74) is 0.212. The molecule has 16 heavy (non-hydrogen) atoms. The van der Waals surface area contributed by atoms with Crippen LogP contribution < -0.4 is 0 Å². The summed E-state index contributed by atoms with van der Waals surface area (Å²) in [6.07, 6.45) is 7.66. The second kappa shape index (κ2) is 6.39. The second-order valence-corrected chi connectivity index (χ2v) is 7.00. The molecule has 0 radical (unpaired) electrons. The fourth-order valence-corrected chi connectivity index (χ4v) is 4.72. The first kappa shape index (κ1) is 13.7. The van der Waals surface area contributed by atoms with Gasteiger partial charge in [0, 0.05) is 27.9 Å². The molecule has 0 saturated heterocycles. The van der Waals surface area contributed by atoms with Gasteiger partial charge in [-0.15, -0.1) is 0 Å². The van der Waals surface area contributed by atoms with Gasteiger partial charge in [0.05, 0.1) is 5.67 Å². The summed E-state index contributed by atoms with van der Waals surface area (Å²) in [5.74, 6) is 0. The van der Waals surface area contributed by atoms with Crippen LogP contribution in [0.25, 0.3) is 0 Å². The standard InChI is InChI=1S/C11H23NO3Si/c1-5-11(12-9-7-6-8-10-12)16(13-2,14-3)15-4/h7,9,11H,5-6,8,10H2,1-4H3. The highest BCUT2D eigenvalue weighted by atomic mass is 28.4. The molecule has 1 rings (SSSR count). The van der Waals surface area contributed by atoms with Crippen molar-refractivity contribution in [2.75, 3.05) is 27.9 Å². The summed E-state index contributed by atoms with van der Waals surface area (Å²) in [6.45, 7) is 3.20. The molecule has 0 amide bonds. The Bertz CT molecular complexity index is 223. The fourth-order valence-electron chi connectivity index (χ4n) is 2.28. The molecule has 94 valence electrons. The molecule has 0 spiro atoms. The first-order chi connectivity index (χ1) is 7.74.